The molecule has 1 fully saturated rings. The normalized spacial score (nSPS) is 17.5. The molecule has 0 amide bonds. The standard InChI is InChI=1S/C18H30N2O2/c1-18(2,3)14-20-8-6-19(7-9-20)13-15-10-16(21-4)12-17(11-15)22-5/h10-12H,6-9,13-14H2,1-5H3. The minimum Gasteiger partial charge on any atom is -0.497 e. The Labute approximate surface area is 135 Å². The highest BCUT2D eigenvalue weighted by Crippen LogP contribution is 2.24. The fourth-order valence-electron chi connectivity index (χ4n) is 2.99. The topological polar surface area (TPSA) is 24.9 Å². The zero-order chi connectivity index (χ0) is 16.2. The van der Waals surface area contributed by atoms with E-state index in [2.05, 4.69) is 42.7 Å². The van der Waals surface area contributed by atoms with Crippen molar-refractivity contribution in [3.63, 3.8) is 0 Å². The molecule has 0 saturated carbocycles. The van der Waals surface area contributed by atoms with Crippen LogP contribution in [-0.4, -0.2) is 56.7 Å². The summed E-state index contributed by atoms with van der Waals surface area (Å²) in [4.78, 5) is 5.08. The number of hydrogen-bond donors (Lipinski definition) is 0. The molecule has 4 nitrogen and oxygen atoms in total. The van der Waals surface area contributed by atoms with Gasteiger partial charge in [-0.1, -0.05) is 20.8 Å². The maximum atomic E-state index is 5.35. The van der Waals surface area contributed by atoms with E-state index in [9.17, 15) is 0 Å². The molecule has 0 aliphatic carbocycles. The molecule has 0 aromatic heterocycles. The van der Waals surface area contributed by atoms with Gasteiger partial charge < -0.3 is 14.4 Å². The lowest BCUT2D eigenvalue weighted by atomic mass is 9.96. The van der Waals surface area contributed by atoms with Gasteiger partial charge in [0.2, 0.25) is 0 Å². The second-order valence-electron chi connectivity index (χ2n) is 7.33. The van der Waals surface area contributed by atoms with Crippen LogP contribution in [0.15, 0.2) is 18.2 Å². The van der Waals surface area contributed by atoms with Crippen molar-refractivity contribution < 1.29 is 9.47 Å². The number of hydrogen-bond acceptors (Lipinski definition) is 4. The summed E-state index contributed by atoms with van der Waals surface area (Å²) in [6.45, 7) is 13.6. The second-order valence-corrected chi connectivity index (χ2v) is 7.33. The highest BCUT2D eigenvalue weighted by molar-refractivity contribution is 5.38. The summed E-state index contributed by atoms with van der Waals surface area (Å²) in [6, 6.07) is 6.12. The Hall–Kier alpha value is -1.26. The summed E-state index contributed by atoms with van der Waals surface area (Å²) in [5, 5.41) is 0. The average molecular weight is 306 g/mol. The molecule has 1 aliphatic heterocycles. The predicted molar refractivity (Wildman–Crippen MR) is 90.7 cm³/mol. The van der Waals surface area contributed by atoms with Gasteiger partial charge in [-0.15, -0.1) is 0 Å². The Bertz CT molecular complexity index is 452. The van der Waals surface area contributed by atoms with Crippen molar-refractivity contribution in [2.75, 3.05) is 46.9 Å². The summed E-state index contributed by atoms with van der Waals surface area (Å²) in [7, 11) is 3.40. The highest BCUT2D eigenvalue weighted by atomic mass is 16.5. The molecule has 2 rings (SSSR count). The average Bonchev–Trinajstić information content (AvgIpc) is 2.47. The van der Waals surface area contributed by atoms with Gasteiger partial charge in [-0.2, -0.15) is 0 Å². The van der Waals surface area contributed by atoms with Crippen LogP contribution < -0.4 is 9.47 Å². The summed E-state index contributed by atoms with van der Waals surface area (Å²) in [5.74, 6) is 1.72. The molecule has 1 aliphatic rings. The maximum absolute atomic E-state index is 5.35. The third kappa shape index (κ3) is 5.18. The molecular weight excluding hydrogens is 276 g/mol. The number of benzene rings is 1. The predicted octanol–water partition coefficient (Wildman–Crippen LogP) is 2.87. The molecule has 124 valence electrons. The third-order valence-electron chi connectivity index (χ3n) is 3.98. The number of rotatable bonds is 5. The molecule has 4 heteroatoms. The Kier molecular flexibility index (Phi) is 5.70. The fraction of sp³-hybridized carbons (Fsp3) is 0.667. The first-order chi connectivity index (χ1) is 10.4. The van der Waals surface area contributed by atoms with Crippen LogP contribution in [0.1, 0.15) is 26.3 Å². The first-order valence-electron chi connectivity index (χ1n) is 8.06. The Morgan fingerprint density at radius 2 is 1.36 bits per heavy atom. The fourth-order valence-corrected chi connectivity index (χ4v) is 2.99. The first kappa shape index (κ1) is 17.1. The minimum atomic E-state index is 0.377. The van der Waals surface area contributed by atoms with Gasteiger partial charge in [0.15, 0.2) is 0 Å². The monoisotopic (exact) mass is 306 g/mol. The van der Waals surface area contributed by atoms with Gasteiger partial charge in [0.25, 0.3) is 0 Å². The van der Waals surface area contributed by atoms with Crippen molar-refractivity contribution in [3.8, 4) is 11.5 Å². The van der Waals surface area contributed by atoms with Crippen LogP contribution in [0.4, 0.5) is 0 Å². The van der Waals surface area contributed by atoms with Crippen LogP contribution in [0.2, 0.25) is 0 Å². The van der Waals surface area contributed by atoms with Crippen LogP contribution in [0.25, 0.3) is 0 Å². The third-order valence-corrected chi connectivity index (χ3v) is 3.98. The number of nitrogens with zero attached hydrogens (tertiary/aromatic N) is 2. The molecular formula is C18H30N2O2. The minimum absolute atomic E-state index is 0.377. The van der Waals surface area contributed by atoms with E-state index in [1.54, 1.807) is 14.2 Å². The van der Waals surface area contributed by atoms with E-state index >= 15 is 0 Å². The molecule has 1 aromatic carbocycles. The number of methoxy groups -OCH3 is 2. The van der Waals surface area contributed by atoms with Crippen molar-refractivity contribution in [1.82, 2.24) is 9.80 Å². The summed E-state index contributed by atoms with van der Waals surface area (Å²) < 4.78 is 10.7. The Balaban J connectivity index is 1.90. The largest absolute Gasteiger partial charge is 0.497 e. The Morgan fingerprint density at radius 3 is 1.82 bits per heavy atom. The smallest absolute Gasteiger partial charge is 0.122 e. The number of ether oxygens (including phenoxy) is 2. The van der Waals surface area contributed by atoms with E-state index in [1.165, 1.54) is 12.1 Å². The lowest BCUT2D eigenvalue weighted by Crippen LogP contribution is -2.48. The molecule has 0 atom stereocenters. The van der Waals surface area contributed by atoms with Crippen molar-refractivity contribution in [2.45, 2.75) is 27.3 Å². The van der Waals surface area contributed by atoms with Gasteiger partial charge in [0.1, 0.15) is 11.5 Å². The van der Waals surface area contributed by atoms with Crippen molar-refractivity contribution >= 4 is 0 Å². The van der Waals surface area contributed by atoms with Crippen LogP contribution in [-0.2, 0) is 6.54 Å². The van der Waals surface area contributed by atoms with E-state index in [4.69, 9.17) is 9.47 Å². The SMILES string of the molecule is COc1cc(CN2CCN(CC(C)(C)C)CC2)cc(OC)c1. The summed E-state index contributed by atoms with van der Waals surface area (Å²) >= 11 is 0. The lowest BCUT2D eigenvalue weighted by Gasteiger charge is -2.37. The zero-order valence-corrected chi connectivity index (χ0v) is 14.7. The van der Waals surface area contributed by atoms with Gasteiger partial charge in [0.05, 0.1) is 14.2 Å². The summed E-state index contributed by atoms with van der Waals surface area (Å²) in [6.07, 6.45) is 0. The zero-order valence-electron chi connectivity index (χ0n) is 14.7. The van der Waals surface area contributed by atoms with Crippen LogP contribution in [0, 0.1) is 5.41 Å². The summed E-state index contributed by atoms with van der Waals surface area (Å²) in [5.41, 5.74) is 1.63. The van der Waals surface area contributed by atoms with E-state index in [-0.39, 0.29) is 0 Å². The van der Waals surface area contributed by atoms with E-state index in [1.807, 2.05) is 6.07 Å². The molecule has 0 spiro atoms. The van der Waals surface area contributed by atoms with Gasteiger partial charge in [-0.25, -0.2) is 0 Å². The number of piperazine rings is 1. The van der Waals surface area contributed by atoms with Crippen LogP contribution in [0.5, 0.6) is 11.5 Å². The maximum Gasteiger partial charge on any atom is 0.122 e. The molecule has 0 bridgehead atoms. The van der Waals surface area contributed by atoms with Crippen molar-refractivity contribution in [3.05, 3.63) is 23.8 Å². The molecule has 0 radical (unpaired) electrons. The molecule has 22 heavy (non-hydrogen) atoms. The van der Waals surface area contributed by atoms with Crippen LogP contribution >= 0.6 is 0 Å². The molecule has 0 unspecified atom stereocenters. The highest BCUT2D eigenvalue weighted by Gasteiger charge is 2.21. The molecule has 1 heterocycles. The van der Waals surface area contributed by atoms with Crippen molar-refractivity contribution in [1.29, 1.82) is 0 Å². The molecule has 0 N–H and O–H groups in total. The van der Waals surface area contributed by atoms with E-state index in [0.717, 1.165) is 44.2 Å². The van der Waals surface area contributed by atoms with Gasteiger partial charge in [-0.3, -0.25) is 4.90 Å². The van der Waals surface area contributed by atoms with Crippen molar-refractivity contribution in [2.24, 2.45) is 5.41 Å². The van der Waals surface area contributed by atoms with Gasteiger partial charge in [-0.05, 0) is 23.1 Å². The van der Waals surface area contributed by atoms with Crippen LogP contribution in [0.3, 0.4) is 0 Å². The van der Waals surface area contributed by atoms with Gasteiger partial charge in [0, 0.05) is 45.3 Å². The van der Waals surface area contributed by atoms with E-state index < -0.39 is 0 Å². The Morgan fingerprint density at radius 1 is 0.864 bits per heavy atom. The second kappa shape index (κ2) is 7.34. The first-order valence-corrected chi connectivity index (χ1v) is 8.06. The molecule has 1 aromatic rings. The quantitative estimate of drug-likeness (QED) is 0.835. The lowest BCUT2D eigenvalue weighted by molar-refractivity contribution is 0.0982. The van der Waals surface area contributed by atoms with E-state index in [0.29, 0.717) is 5.41 Å². The molecule has 1 saturated heterocycles. The van der Waals surface area contributed by atoms with Gasteiger partial charge >= 0.3 is 0 Å².